The first-order valence-corrected chi connectivity index (χ1v) is 10.3. The molecule has 0 amide bonds. The van der Waals surface area contributed by atoms with Gasteiger partial charge in [0, 0.05) is 18.0 Å². The Labute approximate surface area is 158 Å². The molecule has 1 heterocycles. The Bertz CT molecular complexity index is 643. The largest absolute Gasteiger partial charge is 0.494 e. The van der Waals surface area contributed by atoms with Gasteiger partial charge in [0.15, 0.2) is 5.82 Å². The lowest BCUT2D eigenvalue weighted by molar-refractivity contribution is 0.308. The standard InChI is InChI=1S/C23H32N2O/c1-3-5-15-26-22-13-11-20(12-14-22)23-24-16-21(17-25-23)19-9-7-18(6-4-2)8-10-19/h11-14,16-19H,3-10,15H2,1-2H3. The van der Waals surface area contributed by atoms with Crippen molar-refractivity contribution in [3.63, 3.8) is 0 Å². The first-order chi connectivity index (χ1) is 12.8. The molecule has 0 radical (unpaired) electrons. The van der Waals surface area contributed by atoms with Crippen LogP contribution in [0.1, 0.15) is 76.7 Å². The Morgan fingerprint density at radius 1 is 0.923 bits per heavy atom. The van der Waals surface area contributed by atoms with Gasteiger partial charge < -0.3 is 4.74 Å². The minimum atomic E-state index is 0.645. The summed E-state index contributed by atoms with van der Waals surface area (Å²) in [6.45, 7) is 5.24. The fourth-order valence-corrected chi connectivity index (χ4v) is 3.93. The molecule has 1 aromatic carbocycles. The van der Waals surface area contributed by atoms with Gasteiger partial charge in [0.05, 0.1) is 6.61 Å². The molecule has 1 fully saturated rings. The topological polar surface area (TPSA) is 35.0 Å². The molecule has 26 heavy (non-hydrogen) atoms. The van der Waals surface area contributed by atoms with Crippen molar-refractivity contribution in [2.45, 2.75) is 71.1 Å². The number of hydrogen-bond acceptors (Lipinski definition) is 3. The Morgan fingerprint density at radius 3 is 2.23 bits per heavy atom. The molecule has 0 unspecified atom stereocenters. The zero-order chi connectivity index (χ0) is 18.2. The van der Waals surface area contributed by atoms with Gasteiger partial charge in [-0.25, -0.2) is 9.97 Å². The van der Waals surface area contributed by atoms with E-state index < -0.39 is 0 Å². The Balaban J connectivity index is 1.57. The summed E-state index contributed by atoms with van der Waals surface area (Å²) < 4.78 is 5.72. The number of rotatable bonds is 8. The van der Waals surface area contributed by atoms with Gasteiger partial charge in [-0.3, -0.25) is 0 Å². The second kappa shape index (κ2) is 9.70. The van der Waals surface area contributed by atoms with Crippen LogP contribution in [0.2, 0.25) is 0 Å². The number of ether oxygens (including phenoxy) is 1. The molecule has 1 saturated carbocycles. The lowest BCUT2D eigenvalue weighted by Gasteiger charge is -2.28. The SMILES string of the molecule is CCCCOc1ccc(-c2ncc(C3CCC(CCC)CC3)cn2)cc1. The van der Waals surface area contributed by atoms with Crippen molar-refractivity contribution in [3.8, 4) is 17.1 Å². The van der Waals surface area contributed by atoms with Gasteiger partial charge in [0.25, 0.3) is 0 Å². The first kappa shape index (κ1) is 18.9. The molecule has 0 spiro atoms. The molecular weight excluding hydrogens is 320 g/mol. The van der Waals surface area contributed by atoms with E-state index in [4.69, 9.17) is 4.74 Å². The maximum Gasteiger partial charge on any atom is 0.159 e. The van der Waals surface area contributed by atoms with E-state index in [0.29, 0.717) is 5.92 Å². The van der Waals surface area contributed by atoms with Gasteiger partial charge in [-0.05, 0) is 73.8 Å². The molecule has 0 saturated heterocycles. The van der Waals surface area contributed by atoms with Crippen LogP contribution in [0.4, 0.5) is 0 Å². The van der Waals surface area contributed by atoms with Gasteiger partial charge in [0.1, 0.15) is 5.75 Å². The van der Waals surface area contributed by atoms with Crippen LogP contribution in [0.5, 0.6) is 5.75 Å². The van der Waals surface area contributed by atoms with Crippen LogP contribution < -0.4 is 4.74 Å². The second-order valence-electron chi connectivity index (χ2n) is 7.57. The average molecular weight is 353 g/mol. The van der Waals surface area contributed by atoms with E-state index in [1.165, 1.54) is 44.1 Å². The Hall–Kier alpha value is -1.90. The van der Waals surface area contributed by atoms with Crippen molar-refractivity contribution in [2.24, 2.45) is 5.92 Å². The van der Waals surface area contributed by atoms with Crippen LogP contribution in [-0.2, 0) is 0 Å². The van der Waals surface area contributed by atoms with Gasteiger partial charge in [-0.15, -0.1) is 0 Å². The molecule has 0 atom stereocenters. The monoisotopic (exact) mass is 352 g/mol. The zero-order valence-electron chi connectivity index (χ0n) is 16.3. The van der Waals surface area contributed by atoms with Crippen molar-refractivity contribution in [3.05, 3.63) is 42.2 Å². The average Bonchev–Trinajstić information content (AvgIpc) is 2.70. The number of unbranched alkanes of at least 4 members (excludes halogenated alkanes) is 1. The Kier molecular flexibility index (Phi) is 7.04. The molecule has 1 aromatic heterocycles. The number of hydrogen-bond donors (Lipinski definition) is 0. The van der Waals surface area contributed by atoms with E-state index in [1.54, 1.807) is 0 Å². The molecule has 0 N–H and O–H groups in total. The molecule has 140 valence electrons. The highest BCUT2D eigenvalue weighted by molar-refractivity contribution is 5.56. The van der Waals surface area contributed by atoms with E-state index in [2.05, 4.69) is 23.8 Å². The fourth-order valence-electron chi connectivity index (χ4n) is 3.93. The number of aromatic nitrogens is 2. The third kappa shape index (κ3) is 5.06. The summed E-state index contributed by atoms with van der Waals surface area (Å²) in [5.41, 5.74) is 2.36. The van der Waals surface area contributed by atoms with E-state index in [1.807, 2.05) is 36.7 Å². The summed E-state index contributed by atoms with van der Waals surface area (Å²) in [6, 6.07) is 8.12. The van der Waals surface area contributed by atoms with Crippen LogP contribution in [0.15, 0.2) is 36.7 Å². The molecular formula is C23H32N2O. The summed E-state index contributed by atoms with van der Waals surface area (Å²) in [5.74, 6) is 3.30. The summed E-state index contributed by atoms with van der Waals surface area (Å²) in [4.78, 5) is 9.27. The van der Waals surface area contributed by atoms with Crippen LogP contribution in [0.3, 0.4) is 0 Å². The van der Waals surface area contributed by atoms with E-state index >= 15 is 0 Å². The van der Waals surface area contributed by atoms with Crippen molar-refractivity contribution >= 4 is 0 Å². The smallest absolute Gasteiger partial charge is 0.159 e. The lowest BCUT2D eigenvalue weighted by atomic mass is 9.78. The summed E-state index contributed by atoms with van der Waals surface area (Å²) in [7, 11) is 0. The summed E-state index contributed by atoms with van der Waals surface area (Å²) in [6.07, 6.45) is 14.3. The van der Waals surface area contributed by atoms with Crippen molar-refractivity contribution in [1.82, 2.24) is 9.97 Å². The summed E-state index contributed by atoms with van der Waals surface area (Å²) in [5, 5.41) is 0. The molecule has 2 aromatic rings. The quantitative estimate of drug-likeness (QED) is 0.516. The van der Waals surface area contributed by atoms with Crippen LogP contribution >= 0.6 is 0 Å². The van der Waals surface area contributed by atoms with E-state index in [0.717, 1.165) is 42.5 Å². The predicted molar refractivity (Wildman–Crippen MR) is 107 cm³/mol. The maximum atomic E-state index is 5.72. The first-order valence-electron chi connectivity index (χ1n) is 10.3. The minimum Gasteiger partial charge on any atom is -0.494 e. The maximum absolute atomic E-state index is 5.72. The predicted octanol–water partition coefficient (Wildman–Crippen LogP) is 6.40. The molecule has 3 heteroatoms. The molecule has 3 rings (SSSR count). The fraction of sp³-hybridized carbons (Fsp3) is 0.565. The van der Waals surface area contributed by atoms with Gasteiger partial charge in [-0.2, -0.15) is 0 Å². The molecule has 3 nitrogen and oxygen atoms in total. The molecule has 0 aliphatic heterocycles. The minimum absolute atomic E-state index is 0.645. The summed E-state index contributed by atoms with van der Waals surface area (Å²) >= 11 is 0. The number of nitrogens with zero attached hydrogens (tertiary/aromatic N) is 2. The van der Waals surface area contributed by atoms with Crippen molar-refractivity contribution in [2.75, 3.05) is 6.61 Å². The van der Waals surface area contributed by atoms with E-state index in [-0.39, 0.29) is 0 Å². The lowest BCUT2D eigenvalue weighted by Crippen LogP contribution is -2.13. The van der Waals surface area contributed by atoms with E-state index in [9.17, 15) is 0 Å². The normalized spacial score (nSPS) is 20.1. The highest BCUT2D eigenvalue weighted by Gasteiger charge is 2.22. The Morgan fingerprint density at radius 2 is 1.62 bits per heavy atom. The van der Waals surface area contributed by atoms with Crippen LogP contribution in [0, 0.1) is 5.92 Å². The molecule has 1 aliphatic rings. The number of benzene rings is 1. The van der Waals surface area contributed by atoms with Gasteiger partial charge >= 0.3 is 0 Å². The van der Waals surface area contributed by atoms with Crippen LogP contribution in [-0.4, -0.2) is 16.6 Å². The second-order valence-corrected chi connectivity index (χ2v) is 7.57. The molecule has 0 bridgehead atoms. The zero-order valence-corrected chi connectivity index (χ0v) is 16.3. The molecule has 1 aliphatic carbocycles. The van der Waals surface area contributed by atoms with Gasteiger partial charge in [0.2, 0.25) is 0 Å². The van der Waals surface area contributed by atoms with Crippen LogP contribution in [0.25, 0.3) is 11.4 Å². The third-order valence-corrected chi connectivity index (χ3v) is 5.57. The van der Waals surface area contributed by atoms with Crippen molar-refractivity contribution < 1.29 is 4.74 Å². The highest BCUT2D eigenvalue weighted by Crippen LogP contribution is 2.37. The van der Waals surface area contributed by atoms with Gasteiger partial charge in [-0.1, -0.05) is 33.1 Å². The van der Waals surface area contributed by atoms with Crippen molar-refractivity contribution in [1.29, 1.82) is 0 Å². The highest BCUT2D eigenvalue weighted by atomic mass is 16.5. The third-order valence-electron chi connectivity index (χ3n) is 5.57.